The van der Waals surface area contributed by atoms with Gasteiger partial charge in [-0.2, -0.15) is 12.1 Å². The molecular formula is C57H46N4OPt-2. The summed E-state index contributed by atoms with van der Waals surface area (Å²) in [5.41, 5.74) is 11.3. The van der Waals surface area contributed by atoms with E-state index in [1.807, 2.05) is 24.4 Å². The average Bonchev–Trinajstić information content (AvgIpc) is 3.90. The van der Waals surface area contributed by atoms with E-state index in [4.69, 9.17) is 9.72 Å². The van der Waals surface area contributed by atoms with E-state index in [1.165, 1.54) is 16.7 Å². The van der Waals surface area contributed by atoms with E-state index >= 15 is 0 Å². The Morgan fingerprint density at radius 1 is 0.556 bits per heavy atom. The standard InChI is InChI=1S/C57H46N4O.Pt/c1-56(2,3)44-24-17-25-46(34-44)59-38-54(41-20-11-7-12-21-41)60(39-59)47-32-42(40-18-9-6-10-19-40)33-49(36-47)62-48-28-29-51-50-26-15-16-27-52(50)61(53(51)37-48)55-35-45(30-31-58-55)57(4,5)43-22-13-8-14-23-43;/h6-35,38H,1-5H3;/q-2;. The number of rotatable bonds is 9. The number of ether oxygens (including phenoxy) is 1. The molecule has 0 saturated heterocycles. The van der Waals surface area contributed by atoms with E-state index in [-0.39, 0.29) is 31.9 Å². The third kappa shape index (κ3) is 8.06. The molecule has 0 saturated carbocycles. The number of nitrogens with zero attached hydrogens (tertiary/aromatic N) is 4. The van der Waals surface area contributed by atoms with Crippen LogP contribution in [-0.2, 0) is 31.9 Å². The van der Waals surface area contributed by atoms with Gasteiger partial charge in [-0.15, -0.1) is 35.2 Å². The monoisotopic (exact) mass is 997 g/mol. The molecule has 63 heavy (non-hydrogen) atoms. The molecule has 3 heterocycles. The molecule has 312 valence electrons. The van der Waals surface area contributed by atoms with Crippen LogP contribution in [0.1, 0.15) is 51.3 Å². The zero-order valence-electron chi connectivity index (χ0n) is 35.9. The van der Waals surface area contributed by atoms with Crippen LogP contribution in [0.25, 0.3) is 61.4 Å². The molecule has 0 amide bonds. The van der Waals surface area contributed by atoms with Crippen LogP contribution in [0.3, 0.4) is 0 Å². The normalized spacial score (nSPS) is 11.8. The van der Waals surface area contributed by atoms with Gasteiger partial charge in [0.25, 0.3) is 6.33 Å². The third-order valence-electron chi connectivity index (χ3n) is 11.9. The van der Waals surface area contributed by atoms with E-state index in [0.29, 0.717) is 11.5 Å². The molecule has 0 aliphatic rings. The van der Waals surface area contributed by atoms with Gasteiger partial charge in [-0.3, -0.25) is 4.57 Å². The van der Waals surface area contributed by atoms with Gasteiger partial charge in [0, 0.05) is 55.9 Å². The van der Waals surface area contributed by atoms with Crippen molar-refractivity contribution in [2.75, 3.05) is 0 Å². The van der Waals surface area contributed by atoms with Crippen LogP contribution < -0.4 is 9.30 Å². The van der Waals surface area contributed by atoms with Crippen molar-refractivity contribution >= 4 is 21.8 Å². The second kappa shape index (κ2) is 16.8. The predicted octanol–water partition coefficient (Wildman–Crippen LogP) is 13.4. The van der Waals surface area contributed by atoms with E-state index in [9.17, 15) is 0 Å². The largest absolute Gasteiger partial charge is 0.510 e. The number of imidazole rings is 1. The SMILES string of the molecule is CC(C)(C)c1cccc(-[n+]2[c-]n(-c3[c-]c(Oc4[c-]c5c(cc4)c4ccccc4n5-c4cc(C(C)(C)c5ccccc5)ccn4)cc(-c4ccccc4)c3)c(-c3ccccc3)c2)c1.[Pt]. The number of benzene rings is 7. The van der Waals surface area contributed by atoms with Crippen LogP contribution in [0.2, 0.25) is 0 Å². The molecule has 0 bridgehead atoms. The molecule has 5 nitrogen and oxygen atoms in total. The zero-order chi connectivity index (χ0) is 42.4. The van der Waals surface area contributed by atoms with E-state index in [1.54, 1.807) is 0 Å². The van der Waals surface area contributed by atoms with Gasteiger partial charge >= 0.3 is 0 Å². The van der Waals surface area contributed by atoms with Gasteiger partial charge in [0.15, 0.2) is 0 Å². The summed E-state index contributed by atoms with van der Waals surface area (Å²) >= 11 is 0. The number of aromatic nitrogens is 4. The second-order valence-corrected chi connectivity index (χ2v) is 17.4. The molecule has 0 radical (unpaired) electrons. The van der Waals surface area contributed by atoms with Crippen molar-refractivity contribution in [2.45, 2.75) is 45.4 Å². The van der Waals surface area contributed by atoms with Gasteiger partial charge in [0.05, 0.1) is 11.4 Å². The Balaban J connectivity index is 0.00000504. The molecule has 7 aromatic carbocycles. The fourth-order valence-corrected chi connectivity index (χ4v) is 8.36. The molecule has 10 rings (SSSR count). The Labute approximate surface area is 384 Å². The van der Waals surface area contributed by atoms with Crippen LogP contribution in [0.4, 0.5) is 0 Å². The molecule has 0 spiro atoms. The van der Waals surface area contributed by atoms with Crippen molar-refractivity contribution < 1.29 is 30.4 Å². The maximum atomic E-state index is 6.84. The van der Waals surface area contributed by atoms with Gasteiger partial charge in [-0.25, -0.2) is 4.98 Å². The summed E-state index contributed by atoms with van der Waals surface area (Å²) in [6.45, 7) is 11.2. The molecule has 10 aromatic rings. The number of hydrogen-bond acceptors (Lipinski definition) is 2. The molecule has 0 atom stereocenters. The first kappa shape index (κ1) is 41.5. The Morgan fingerprint density at radius 2 is 1.24 bits per heavy atom. The topological polar surface area (TPSA) is 35.9 Å². The van der Waals surface area contributed by atoms with Crippen LogP contribution in [-0.4, -0.2) is 14.1 Å². The minimum absolute atomic E-state index is 0. The van der Waals surface area contributed by atoms with Crippen LogP contribution in [0, 0.1) is 18.5 Å². The fraction of sp³-hybridized carbons (Fsp3) is 0.123. The first-order chi connectivity index (χ1) is 30.1. The molecule has 3 aromatic heterocycles. The van der Waals surface area contributed by atoms with Gasteiger partial charge in [-0.1, -0.05) is 161 Å². The number of pyridine rings is 1. The van der Waals surface area contributed by atoms with E-state index < -0.39 is 0 Å². The van der Waals surface area contributed by atoms with Gasteiger partial charge in [0.1, 0.15) is 5.82 Å². The summed E-state index contributed by atoms with van der Waals surface area (Å²) in [7, 11) is 0. The van der Waals surface area contributed by atoms with E-state index in [0.717, 1.165) is 61.4 Å². The Hall–Kier alpha value is -6.81. The summed E-state index contributed by atoms with van der Waals surface area (Å²) in [5.74, 6) is 1.96. The maximum Gasteiger partial charge on any atom is 0.267 e. The summed E-state index contributed by atoms with van der Waals surface area (Å²) in [5, 5.41) is 2.19. The Morgan fingerprint density at radius 3 is 1.98 bits per heavy atom. The minimum Gasteiger partial charge on any atom is -0.510 e. The Kier molecular flexibility index (Phi) is 11.1. The molecule has 0 unspecified atom stereocenters. The summed E-state index contributed by atoms with van der Waals surface area (Å²) in [6.07, 6.45) is 7.74. The molecule has 0 aliphatic carbocycles. The second-order valence-electron chi connectivity index (χ2n) is 17.4. The van der Waals surface area contributed by atoms with Gasteiger partial charge in [-0.05, 0) is 74.6 Å². The molecular weight excluding hydrogens is 952 g/mol. The quantitative estimate of drug-likeness (QED) is 0.107. The third-order valence-corrected chi connectivity index (χ3v) is 11.9. The summed E-state index contributed by atoms with van der Waals surface area (Å²) in [4.78, 5) is 4.95. The van der Waals surface area contributed by atoms with Crippen molar-refractivity contribution in [3.8, 4) is 51.1 Å². The summed E-state index contributed by atoms with van der Waals surface area (Å²) < 4.78 is 13.2. The predicted molar refractivity (Wildman–Crippen MR) is 251 cm³/mol. The van der Waals surface area contributed by atoms with Crippen molar-refractivity contribution in [3.63, 3.8) is 0 Å². The van der Waals surface area contributed by atoms with Crippen LogP contribution >= 0.6 is 0 Å². The van der Waals surface area contributed by atoms with Crippen LogP contribution in [0.5, 0.6) is 11.5 Å². The molecule has 0 N–H and O–H groups in total. The molecule has 0 aliphatic heterocycles. The first-order valence-electron chi connectivity index (χ1n) is 21.1. The van der Waals surface area contributed by atoms with Crippen molar-refractivity contribution in [1.82, 2.24) is 14.1 Å². The maximum absolute atomic E-state index is 6.84. The Bertz CT molecular complexity index is 3220. The van der Waals surface area contributed by atoms with Gasteiger partial charge < -0.3 is 13.9 Å². The first-order valence-corrected chi connectivity index (χ1v) is 21.1. The van der Waals surface area contributed by atoms with Crippen molar-refractivity contribution in [3.05, 3.63) is 223 Å². The number of hydrogen-bond donors (Lipinski definition) is 0. The number of para-hydroxylation sites is 1. The molecule has 0 fully saturated rings. The number of fused-ring (bicyclic) bond motifs is 3. The smallest absolute Gasteiger partial charge is 0.267 e. The minimum atomic E-state index is -0.236. The van der Waals surface area contributed by atoms with Crippen molar-refractivity contribution in [2.24, 2.45) is 0 Å². The van der Waals surface area contributed by atoms with Gasteiger partial charge in [0.2, 0.25) is 0 Å². The zero-order valence-corrected chi connectivity index (χ0v) is 38.2. The summed E-state index contributed by atoms with van der Waals surface area (Å²) in [6, 6.07) is 68.6. The van der Waals surface area contributed by atoms with E-state index in [2.05, 4.69) is 231 Å². The van der Waals surface area contributed by atoms with Crippen LogP contribution in [0.15, 0.2) is 188 Å². The van der Waals surface area contributed by atoms with Crippen molar-refractivity contribution in [1.29, 1.82) is 0 Å². The fourth-order valence-electron chi connectivity index (χ4n) is 8.36. The molecule has 6 heteroatoms. The average molecular weight is 998 g/mol.